The highest BCUT2D eigenvalue weighted by Crippen LogP contribution is 2.20. The molecule has 1 amide bonds. The summed E-state index contributed by atoms with van der Waals surface area (Å²) in [7, 11) is 0. The molecule has 0 atom stereocenters. The second-order valence-corrected chi connectivity index (χ2v) is 5.65. The number of rotatable bonds is 3. The molecule has 1 aliphatic rings. The van der Waals surface area contributed by atoms with Crippen molar-refractivity contribution < 1.29 is 13.9 Å². The number of nitrogens with one attached hydrogen (secondary N) is 2. The van der Waals surface area contributed by atoms with Crippen LogP contribution in [0.5, 0.6) is 0 Å². The van der Waals surface area contributed by atoms with Gasteiger partial charge < -0.3 is 19.9 Å². The summed E-state index contributed by atoms with van der Waals surface area (Å²) in [4.78, 5) is 28.3. The SMILES string of the molecule is Cc1cc(NC(=O)c2cc(F)cc(N3CCOCC3)c2)c[nH]c1=O. The maximum atomic E-state index is 13.9. The number of hydrogen-bond acceptors (Lipinski definition) is 4. The molecule has 0 unspecified atom stereocenters. The van der Waals surface area contributed by atoms with Crippen LogP contribution in [0.4, 0.5) is 15.8 Å². The van der Waals surface area contributed by atoms with E-state index in [2.05, 4.69) is 10.3 Å². The molecule has 3 rings (SSSR count). The molecule has 6 nitrogen and oxygen atoms in total. The summed E-state index contributed by atoms with van der Waals surface area (Å²) in [6.07, 6.45) is 1.41. The number of aryl methyl sites for hydroxylation is 1. The minimum absolute atomic E-state index is 0.214. The van der Waals surface area contributed by atoms with E-state index in [1.807, 2.05) is 4.90 Å². The van der Waals surface area contributed by atoms with Crippen LogP contribution in [-0.4, -0.2) is 37.2 Å². The van der Waals surface area contributed by atoms with Crippen LogP contribution in [0.15, 0.2) is 35.3 Å². The van der Waals surface area contributed by atoms with Crippen molar-refractivity contribution >= 4 is 17.3 Å². The molecule has 126 valence electrons. The van der Waals surface area contributed by atoms with Gasteiger partial charge in [-0.25, -0.2) is 4.39 Å². The first-order valence-corrected chi connectivity index (χ1v) is 7.67. The summed E-state index contributed by atoms with van der Waals surface area (Å²) in [6.45, 7) is 4.11. The number of hydrogen-bond donors (Lipinski definition) is 2. The first kappa shape index (κ1) is 16.2. The zero-order valence-electron chi connectivity index (χ0n) is 13.3. The topological polar surface area (TPSA) is 74.4 Å². The van der Waals surface area contributed by atoms with E-state index in [0.717, 1.165) is 0 Å². The van der Waals surface area contributed by atoms with E-state index in [9.17, 15) is 14.0 Å². The van der Waals surface area contributed by atoms with Crippen molar-refractivity contribution in [2.24, 2.45) is 0 Å². The molecule has 0 aliphatic carbocycles. The van der Waals surface area contributed by atoms with Gasteiger partial charge in [0.15, 0.2) is 0 Å². The third kappa shape index (κ3) is 3.62. The Bertz CT molecular complexity index is 813. The number of morpholine rings is 1. The molecule has 2 heterocycles. The molecule has 1 fully saturated rings. The van der Waals surface area contributed by atoms with Crippen LogP contribution in [0.2, 0.25) is 0 Å². The molecule has 0 bridgehead atoms. The Morgan fingerprint density at radius 3 is 2.71 bits per heavy atom. The van der Waals surface area contributed by atoms with E-state index >= 15 is 0 Å². The lowest BCUT2D eigenvalue weighted by Crippen LogP contribution is -2.36. The summed E-state index contributed by atoms with van der Waals surface area (Å²) in [6, 6.07) is 5.82. The lowest BCUT2D eigenvalue weighted by molar-refractivity contribution is 0.102. The van der Waals surface area contributed by atoms with Gasteiger partial charge in [0.05, 0.1) is 18.9 Å². The normalized spacial score (nSPS) is 14.5. The third-order valence-electron chi connectivity index (χ3n) is 3.87. The average molecular weight is 331 g/mol. The largest absolute Gasteiger partial charge is 0.378 e. The minimum atomic E-state index is -0.471. The summed E-state index contributed by atoms with van der Waals surface area (Å²) in [5, 5.41) is 2.66. The van der Waals surface area contributed by atoms with Gasteiger partial charge in [0.25, 0.3) is 11.5 Å². The van der Waals surface area contributed by atoms with Crippen LogP contribution in [0.25, 0.3) is 0 Å². The van der Waals surface area contributed by atoms with Crippen molar-refractivity contribution in [1.82, 2.24) is 4.98 Å². The van der Waals surface area contributed by atoms with Gasteiger partial charge in [0, 0.05) is 36.1 Å². The number of aromatic nitrogens is 1. The highest BCUT2D eigenvalue weighted by molar-refractivity contribution is 6.04. The average Bonchev–Trinajstić information content (AvgIpc) is 2.58. The predicted molar refractivity (Wildman–Crippen MR) is 89.2 cm³/mol. The Balaban J connectivity index is 1.82. The van der Waals surface area contributed by atoms with E-state index in [0.29, 0.717) is 43.2 Å². The van der Waals surface area contributed by atoms with Crippen molar-refractivity contribution in [2.75, 3.05) is 36.5 Å². The number of anilines is 2. The molecule has 0 spiro atoms. The Morgan fingerprint density at radius 2 is 2.00 bits per heavy atom. The van der Waals surface area contributed by atoms with Crippen LogP contribution < -0.4 is 15.8 Å². The lowest BCUT2D eigenvalue weighted by atomic mass is 10.1. The molecule has 1 saturated heterocycles. The van der Waals surface area contributed by atoms with Gasteiger partial charge in [-0.15, -0.1) is 0 Å². The van der Waals surface area contributed by atoms with E-state index in [1.165, 1.54) is 18.3 Å². The zero-order chi connectivity index (χ0) is 17.1. The van der Waals surface area contributed by atoms with E-state index < -0.39 is 11.7 Å². The number of halogens is 1. The Kier molecular flexibility index (Phi) is 4.61. The first-order chi connectivity index (χ1) is 11.5. The van der Waals surface area contributed by atoms with Crippen molar-refractivity contribution in [3.63, 3.8) is 0 Å². The number of H-pyrrole nitrogens is 1. The summed E-state index contributed by atoms with van der Waals surface area (Å²) < 4.78 is 19.2. The quantitative estimate of drug-likeness (QED) is 0.901. The standard InChI is InChI=1S/C17H18FN3O3/c1-11-6-14(10-19-16(11)22)20-17(23)12-7-13(18)9-15(8-12)21-2-4-24-5-3-21/h6-10H,2-5H2,1H3,(H,19,22)(H,20,23). The lowest BCUT2D eigenvalue weighted by Gasteiger charge is -2.29. The van der Waals surface area contributed by atoms with Crippen LogP contribution in [0.3, 0.4) is 0 Å². The molecule has 1 aromatic heterocycles. The second-order valence-electron chi connectivity index (χ2n) is 5.65. The Morgan fingerprint density at radius 1 is 1.25 bits per heavy atom. The van der Waals surface area contributed by atoms with Crippen molar-refractivity contribution in [3.8, 4) is 0 Å². The molecular weight excluding hydrogens is 313 g/mol. The molecule has 1 aromatic carbocycles. The number of aromatic amines is 1. The fourth-order valence-electron chi connectivity index (χ4n) is 2.58. The minimum Gasteiger partial charge on any atom is -0.378 e. The van der Waals surface area contributed by atoms with E-state index in [4.69, 9.17) is 4.74 Å². The van der Waals surface area contributed by atoms with Crippen LogP contribution in [-0.2, 0) is 4.74 Å². The molecule has 0 radical (unpaired) electrons. The maximum Gasteiger partial charge on any atom is 0.255 e. The molecule has 0 saturated carbocycles. The third-order valence-corrected chi connectivity index (χ3v) is 3.87. The number of carbonyl (C=O) groups excluding carboxylic acids is 1. The van der Waals surface area contributed by atoms with E-state index in [1.54, 1.807) is 19.1 Å². The number of carbonyl (C=O) groups is 1. The fraction of sp³-hybridized carbons (Fsp3) is 0.294. The number of ether oxygens (including phenoxy) is 1. The number of benzene rings is 1. The monoisotopic (exact) mass is 331 g/mol. The highest BCUT2D eigenvalue weighted by Gasteiger charge is 2.15. The predicted octanol–water partition coefficient (Wildman–Crippen LogP) is 1.91. The van der Waals surface area contributed by atoms with Gasteiger partial charge in [-0.1, -0.05) is 0 Å². The first-order valence-electron chi connectivity index (χ1n) is 7.67. The molecule has 2 N–H and O–H groups in total. The number of nitrogens with zero attached hydrogens (tertiary/aromatic N) is 1. The van der Waals surface area contributed by atoms with E-state index in [-0.39, 0.29) is 11.1 Å². The van der Waals surface area contributed by atoms with Gasteiger partial charge in [-0.05, 0) is 31.2 Å². The van der Waals surface area contributed by atoms with Gasteiger partial charge >= 0.3 is 0 Å². The molecule has 2 aromatic rings. The summed E-state index contributed by atoms with van der Waals surface area (Å²) in [5.74, 6) is -0.905. The van der Waals surface area contributed by atoms with Crippen molar-refractivity contribution in [3.05, 3.63) is 57.8 Å². The number of pyridine rings is 1. The second kappa shape index (κ2) is 6.84. The van der Waals surface area contributed by atoms with Crippen molar-refractivity contribution in [2.45, 2.75) is 6.92 Å². The van der Waals surface area contributed by atoms with Crippen LogP contribution in [0.1, 0.15) is 15.9 Å². The molecule has 1 aliphatic heterocycles. The number of amides is 1. The maximum absolute atomic E-state index is 13.9. The Labute approximate surface area is 138 Å². The zero-order valence-corrected chi connectivity index (χ0v) is 13.3. The van der Waals surface area contributed by atoms with Gasteiger partial charge in [0.1, 0.15) is 5.82 Å². The highest BCUT2D eigenvalue weighted by atomic mass is 19.1. The fourth-order valence-corrected chi connectivity index (χ4v) is 2.58. The molecule has 7 heteroatoms. The smallest absolute Gasteiger partial charge is 0.255 e. The summed E-state index contributed by atoms with van der Waals surface area (Å²) in [5.41, 5.74) is 1.60. The molecular formula is C17H18FN3O3. The van der Waals surface area contributed by atoms with Crippen LogP contribution in [0, 0.1) is 12.7 Å². The Hall–Kier alpha value is -2.67. The van der Waals surface area contributed by atoms with Gasteiger partial charge in [-0.2, -0.15) is 0 Å². The van der Waals surface area contributed by atoms with Crippen LogP contribution >= 0.6 is 0 Å². The summed E-state index contributed by atoms with van der Waals surface area (Å²) >= 11 is 0. The van der Waals surface area contributed by atoms with Crippen molar-refractivity contribution in [1.29, 1.82) is 0 Å². The molecule has 24 heavy (non-hydrogen) atoms. The van der Waals surface area contributed by atoms with Gasteiger partial charge in [-0.3, -0.25) is 9.59 Å². The van der Waals surface area contributed by atoms with Gasteiger partial charge in [0.2, 0.25) is 0 Å².